The fourth-order valence-corrected chi connectivity index (χ4v) is 2.41. The zero-order valence-electron chi connectivity index (χ0n) is 10.2. The molecule has 1 aromatic heterocycles. The molecule has 0 atom stereocenters. The van der Waals surface area contributed by atoms with E-state index in [1.807, 2.05) is 0 Å². The van der Waals surface area contributed by atoms with E-state index >= 15 is 0 Å². The number of carbonyl (C=O) groups is 1. The van der Waals surface area contributed by atoms with Gasteiger partial charge in [0.15, 0.2) is 5.69 Å². The van der Waals surface area contributed by atoms with Crippen molar-refractivity contribution in [2.24, 2.45) is 0 Å². The van der Waals surface area contributed by atoms with Crippen LogP contribution in [0, 0.1) is 0 Å². The van der Waals surface area contributed by atoms with Gasteiger partial charge in [0, 0.05) is 6.07 Å². The largest absolute Gasteiger partial charge is 0.464 e. The molecule has 17 heavy (non-hydrogen) atoms. The highest BCUT2D eigenvalue weighted by Gasteiger charge is 2.20. The molecule has 0 amide bonds. The Morgan fingerprint density at radius 3 is 2.65 bits per heavy atom. The van der Waals surface area contributed by atoms with Crippen LogP contribution in [-0.2, 0) is 4.74 Å². The Balaban J connectivity index is 2.19. The van der Waals surface area contributed by atoms with Gasteiger partial charge in [-0.25, -0.2) is 9.48 Å². The number of hydrogen-bond donors (Lipinski definition) is 1. The van der Waals surface area contributed by atoms with Gasteiger partial charge in [-0.2, -0.15) is 5.10 Å². The van der Waals surface area contributed by atoms with E-state index in [9.17, 15) is 4.79 Å². The molecule has 94 valence electrons. The van der Waals surface area contributed by atoms with E-state index in [2.05, 4.69) is 9.84 Å². The first-order chi connectivity index (χ1) is 8.22. The average Bonchev–Trinajstić information content (AvgIpc) is 2.56. The minimum atomic E-state index is -0.427. The van der Waals surface area contributed by atoms with Gasteiger partial charge in [-0.1, -0.05) is 25.7 Å². The summed E-state index contributed by atoms with van der Waals surface area (Å²) in [5, 5.41) is 4.26. The summed E-state index contributed by atoms with van der Waals surface area (Å²) in [6.07, 6.45) is 7.15. The molecule has 1 heterocycles. The highest BCUT2D eigenvalue weighted by molar-refractivity contribution is 5.87. The van der Waals surface area contributed by atoms with Crippen LogP contribution in [0.25, 0.3) is 0 Å². The standard InChI is InChI=1S/C12H19N3O2/c1-17-12(16)10-8-11(13)15(14-10)9-6-4-2-3-5-7-9/h8-9H,2-7,13H2,1H3. The lowest BCUT2D eigenvalue weighted by molar-refractivity contribution is 0.0592. The summed E-state index contributed by atoms with van der Waals surface area (Å²) >= 11 is 0. The Bertz CT molecular complexity index is 392. The predicted octanol–water partition coefficient (Wildman–Crippen LogP) is 2.15. The van der Waals surface area contributed by atoms with Crippen LogP contribution in [0.15, 0.2) is 6.07 Å². The molecule has 2 rings (SSSR count). The van der Waals surface area contributed by atoms with Crippen molar-refractivity contribution in [3.63, 3.8) is 0 Å². The van der Waals surface area contributed by atoms with Gasteiger partial charge in [0.2, 0.25) is 0 Å². The van der Waals surface area contributed by atoms with Crippen LogP contribution in [0.4, 0.5) is 5.82 Å². The third-order valence-corrected chi connectivity index (χ3v) is 3.33. The highest BCUT2D eigenvalue weighted by atomic mass is 16.5. The molecular weight excluding hydrogens is 218 g/mol. The van der Waals surface area contributed by atoms with Crippen molar-refractivity contribution >= 4 is 11.8 Å². The Hall–Kier alpha value is -1.52. The summed E-state index contributed by atoms with van der Waals surface area (Å²) in [7, 11) is 1.35. The SMILES string of the molecule is COC(=O)c1cc(N)n(C2CCCCCC2)n1. The molecule has 0 bridgehead atoms. The number of hydrogen-bond acceptors (Lipinski definition) is 4. The van der Waals surface area contributed by atoms with E-state index in [-0.39, 0.29) is 0 Å². The molecule has 5 nitrogen and oxygen atoms in total. The highest BCUT2D eigenvalue weighted by Crippen LogP contribution is 2.28. The first-order valence-corrected chi connectivity index (χ1v) is 6.15. The van der Waals surface area contributed by atoms with Crippen molar-refractivity contribution in [2.75, 3.05) is 12.8 Å². The fourth-order valence-electron chi connectivity index (χ4n) is 2.41. The van der Waals surface area contributed by atoms with Gasteiger partial charge in [-0.05, 0) is 12.8 Å². The van der Waals surface area contributed by atoms with Crippen LogP contribution in [0.5, 0.6) is 0 Å². The van der Waals surface area contributed by atoms with Crippen molar-refractivity contribution in [3.8, 4) is 0 Å². The predicted molar refractivity (Wildman–Crippen MR) is 64.7 cm³/mol. The smallest absolute Gasteiger partial charge is 0.358 e. The van der Waals surface area contributed by atoms with Crippen molar-refractivity contribution in [1.82, 2.24) is 9.78 Å². The zero-order valence-corrected chi connectivity index (χ0v) is 10.2. The van der Waals surface area contributed by atoms with Crippen molar-refractivity contribution in [3.05, 3.63) is 11.8 Å². The van der Waals surface area contributed by atoms with Crippen LogP contribution < -0.4 is 5.73 Å². The molecule has 0 aliphatic heterocycles. The Morgan fingerprint density at radius 1 is 1.41 bits per heavy atom. The van der Waals surface area contributed by atoms with Gasteiger partial charge in [-0.15, -0.1) is 0 Å². The minimum absolute atomic E-state index is 0.300. The summed E-state index contributed by atoms with van der Waals surface area (Å²) in [6, 6.07) is 1.92. The second-order valence-corrected chi connectivity index (χ2v) is 4.54. The van der Waals surface area contributed by atoms with E-state index in [0.717, 1.165) is 12.8 Å². The Kier molecular flexibility index (Phi) is 3.66. The van der Waals surface area contributed by atoms with Gasteiger partial charge in [0.05, 0.1) is 13.2 Å². The minimum Gasteiger partial charge on any atom is -0.464 e. The molecule has 1 aliphatic rings. The Morgan fingerprint density at radius 2 is 2.06 bits per heavy atom. The monoisotopic (exact) mass is 237 g/mol. The topological polar surface area (TPSA) is 70.1 Å². The van der Waals surface area contributed by atoms with Crippen LogP contribution in [0.2, 0.25) is 0 Å². The number of nitrogens with two attached hydrogens (primary N) is 1. The van der Waals surface area contributed by atoms with E-state index in [1.54, 1.807) is 10.7 Å². The maximum absolute atomic E-state index is 11.4. The van der Waals surface area contributed by atoms with E-state index in [0.29, 0.717) is 17.6 Å². The summed E-state index contributed by atoms with van der Waals surface area (Å²) in [5.74, 6) is 0.126. The zero-order chi connectivity index (χ0) is 12.3. The average molecular weight is 237 g/mol. The van der Waals surface area contributed by atoms with Gasteiger partial charge in [-0.3, -0.25) is 0 Å². The molecule has 0 unspecified atom stereocenters. The number of nitrogens with zero attached hydrogens (tertiary/aromatic N) is 2. The lowest BCUT2D eigenvalue weighted by Crippen LogP contribution is -2.13. The molecule has 0 aromatic carbocycles. The second kappa shape index (κ2) is 5.21. The first kappa shape index (κ1) is 12.0. The van der Waals surface area contributed by atoms with Crippen molar-refractivity contribution < 1.29 is 9.53 Å². The second-order valence-electron chi connectivity index (χ2n) is 4.54. The van der Waals surface area contributed by atoms with E-state index in [1.165, 1.54) is 32.8 Å². The number of anilines is 1. The van der Waals surface area contributed by atoms with Gasteiger partial charge < -0.3 is 10.5 Å². The molecule has 1 aromatic rings. The molecule has 1 fully saturated rings. The third kappa shape index (κ3) is 2.60. The number of carbonyl (C=O) groups excluding carboxylic acids is 1. The summed E-state index contributed by atoms with van der Waals surface area (Å²) in [6.45, 7) is 0. The Labute approximate surface area is 101 Å². The summed E-state index contributed by atoms with van der Waals surface area (Å²) < 4.78 is 6.44. The van der Waals surface area contributed by atoms with Gasteiger partial charge in [0.1, 0.15) is 5.82 Å². The maximum atomic E-state index is 11.4. The number of methoxy groups -OCH3 is 1. The molecule has 5 heteroatoms. The molecular formula is C12H19N3O2. The lowest BCUT2D eigenvalue weighted by Gasteiger charge is -2.15. The first-order valence-electron chi connectivity index (χ1n) is 6.15. The van der Waals surface area contributed by atoms with Gasteiger partial charge >= 0.3 is 5.97 Å². The fraction of sp³-hybridized carbons (Fsp3) is 0.667. The van der Waals surface area contributed by atoms with E-state index in [4.69, 9.17) is 5.73 Å². The molecule has 0 saturated heterocycles. The molecule has 1 saturated carbocycles. The quantitative estimate of drug-likeness (QED) is 0.632. The number of rotatable bonds is 2. The summed E-state index contributed by atoms with van der Waals surface area (Å²) in [5.41, 5.74) is 6.21. The summed E-state index contributed by atoms with van der Waals surface area (Å²) in [4.78, 5) is 11.4. The maximum Gasteiger partial charge on any atom is 0.358 e. The van der Waals surface area contributed by atoms with Crippen LogP contribution in [-0.4, -0.2) is 22.9 Å². The number of esters is 1. The lowest BCUT2D eigenvalue weighted by atomic mass is 10.1. The third-order valence-electron chi connectivity index (χ3n) is 3.33. The van der Waals surface area contributed by atoms with Crippen LogP contribution >= 0.6 is 0 Å². The number of ether oxygens (including phenoxy) is 1. The van der Waals surface area contributed by atoms with Crippen molar-refractivity contribution in [2.45, 2.75) is 44.6 Å². The van der Waals surface area contributed by atoms with E-state index < -0.39 is 5.97 Å². The van der Waals surface area contributed by atoms with Crippen LogP contribution in [0.1, 0.15) is 55.1 Å². The van der Waals surface area contributed by atoms with Crippen molar-refractivity contribution in [1.29, 1.82) is 0 Å². The number of aromatic nitrogens is 2. The molecule has 2 N–H and O–H groups in total. The number of nitrogen functional groups attached to an aromatic ring is 1. The molecule has 0 spiro atoms. The normalized spacial score (nSPS) is 17.7. The molecule has 0 radical (unpaired) electrons. The van der Waals surface area contributed by atoms with Crippen LogP contribution in [0.3, 0.4) is 0 Å². The van der Waals surface area contributed by atoms with Gasteiger partial charge in [0.25, 0.3) is 0 Å². The molecule has 1 aliphatic carbocycles.